The fraction of sp³-hybridized carbons (Fsp3) is 0.846. The van der Waals surface area contributed by atoms with Crippen LogP contribution in [0.5, 0.6) is 0 Å². The maximum Gasteiger partial charge on any atom is 0.221 e. The third-order valence-corrected chi connectivity index (χ3v) is 4.32. The van der Waals surface area contributed by atoms with Gasteiger partial charge in [-0.25, -0.2) is 4.68 Å². The largest absolute Gasteiger partial charge is 0.352 e. The molecule has 1 aromatic rings. The van der Waals surface area contributed by atoms with Crippen LogP contribution in [0.3, 0.4) is 0 Å². The van der Waals surface area contributed by atoms with Crippen molar-refractivity contribution in [3.8, 4) is 0 Å². The van der Waals surface area contributed by atoms with Gasteiger partial charge in [0, 0.05) is 12.0 Å². The zero-order valence-electron chi connectivity index (χ0n) is 10.8. The van der Waals surface area contributed by atoms with Crippen molar-refractivity contribution in [1.82, 2.24) is 14.8 Å². The van der Waals surface area contributed by atoms with Crippen LogP contribution >= 0.6 is 0 Å². The highest BCUT2D eigenvalue weighted by molar-refractivity contribution is 5.31. The predicted molar refractivity (Wildman–Crippen MR) is 68.3 cm³/mol. The minimum Gasteiger partial charge on any atom is -0.352 e. The Balaban J connectivity index is 1.88. The van der Waals surface area contributed by atoms with E-state index in [1.54, 1.807) is 0 Å². The third-order valence-electron chi connectivity index (χ3n) is 4.32. The Morgan fingerprint density at radius 1 is 1.29 bits per heavy atom. The minimum atomic E-state index is 0.539. The van der Waals surface area contributed by atoms with E-state index in [1.807, 2.05) is 0 Å². The lowest BCUT2D eigenvalue weighted by molar-refractivity contribution is 0.351. The Hall–Kier alpha value is -1.06. The predicted octanol–water partition coefficient (Wildman–Crippen LogP) is 3.09. The molecule has 1 N–H and O–H groups in total. The highest BCUT2D eigenvalue weighted by Gasteiger charge is 2.30. The van der Waals surface area contributed by atoms with Crippen LogP contribution in [-0.2, 0) is 0 Å². The van der Waals surface area contributed by atoms with Gasteiger partial charge in [-0.3, -0.25) is 0 Å². The Morgan fingerprint density at radius 3 is 2.71 bits per heavy atom. The number of rotatable bonds is 3. The third kappa shape index (κ3) is 1.83. The van der Waals surface area contributed by atoms with Crippen LogP contribution in [0.2, 0.25) is 0 Å². The molecule has 0 bridgehead atoms. The van der Waals surface area contributed by atoms with E-state index in [1.165, 1.54) is 32.1 Å². The Labute approximate surface area is 103 Å². The highest BCUT2D eigenvalue weighted by atomic mass is 15.4. The van der Waals surface area contributed by atoms with Crippen LogP contribution in [0, 0.1) is 0 Å². The molecule has 2 atom stereocenters. The van der Waals surface area contributed by atoms with Crippen molar-refractivity contribution in [2.24, 2.45) is 0 Å². The summed E-state index contributed by atoms with van der Waals surface area (Å²) in [6, 6.07) is 1.11. The number of anilines is 1. The lowest BCUT2D eigenvalue weighted by Crippen LogP contribution is -2.31. The second-order valence-corrected chi connectivity index (χ2v) is 5.41. The van der Waals surface area contributed by atoms with Gasteiger partial charge in [0.2, 0.25) is 5.95 Å². The molecule has 1 aromatic heterocycles. The zero-order valence-corrected chi connectivity index (χ0v) is 10.8. The van der Waals surface area contributed by atoms with Crippen molar-refractivity contribution in [3.05, 3.63) is 5.82 Å². The summed E-state index contributed by atoms with van der Waals surface area (Å²) >= 11 is 0. The van der Waals surface area contributed by atoms with Gasteiger partial charge in [0.15, 0.2) is 5.82 Å². The van der Waals surface area contributed by atoms with E-state index in [0.29, 0.717) is 18.0 Å². The van der Waals surface area contributed by atoms with Crippen molar-refractivity contribution >= 4 is 5.95 Å². The molecule has 0 radical (unpaired) electrons. The average Bonchev–Trinajstić information content (AvgIpc) is 2.68. The van der Waals surface area contributed by atoms with E-state index in [9.17, 15) is 0 Å². The standard InChI is InChI=1S/C13H22N4/c1-3-10-8-11(4-2)17-13(14-10)15-12(16-17)9-6-5-7-9/h9-11H,3-8H2,1-2H3,(H,14,15,16). The van der Waals surface area contributed by atoms with Crippen molar-refractivity contribution in [2.75, 3.05) is 5.32 Å². The lowest BCUT2D eigenvalue weighted by atomic mass is 9.85. The first-order valence-corrected chi connectivity index (χ1v) is 7.04. The molecule has 3 rings (SSSR count). The lowest BCUT2D eigenvalue weighted by Gasteiger charge is -2.29. The average molecular weight is 234 g/mol. The molecule has 1 fully saturated rings. The number of nitrogens with one attached hydrogen (secondary N) is 1. The Kier molecular flexibility index (Phi) is 2.81. The summed E-state index contributed by atoms with van der Waals surface area (Å²) in [5, 5.41) is 8.26. The molecule has 1 saturated carbocycles. The van der Waals surface area contributed by atoms with Crippen molar-refractivity contribution < 1.29 is 0 Å². The van der Waals surface area contributed by atoms with Gasteiger partial charge < -0.3 is 5.32 Å². The first-order chi connectivity index (χ1) is 8.31. The molecular weight excluding hydrogens is 212 g/mol. The number of aromatic nitrogens is 3. The van der Waals surface area contributed by atoms with Crippen LogP contribution in [0.15, 0.2) is 0 Å². The fourth-order valence-electron chi connectivity index (χ4n) is 2.81. The molecule has 94 valence electrons. The van der Waals surface area contributed by atoms with Gasteiger partial charge in [0.1, 0.15) is 0 Å². The Bertz CT molecular complexity index is 394. The fourth-order valence-corrected chi connectivity index (χ4v) is 2.81. The van der Waals surface area contributed by atoms with Crippen LogP contribution in [0.25, 0.3) is 0 Å². The van der Waals surface area contributed by atoms with E-state index < -0.39 is 0 Å². The van der Waals surface area contributed by atoms with E-state index in [4.69, 9.17) is 10.1 Å². The first kappa shape index (κ1) is 11.1. The number of hydrogen-bond acceptors (Lipinski definition) is 3. The molecule has 0 amide bonds. The molecular formula is C13H22N4. The smallest absolute Gasteiger partial charge is 0.221 e. The second kappa shape index (κ2) is 4.31. The van der Waals surface area contributed by atoms with Crippen LogP contribution in [0.4, 0.5) is 5.95 Å². The molecule has 1 aliphatic heterocycles. The number of hydrogen-bond donors (Lipinski definition) is 1. The topological polar surface area (TPSA) is 42.7 Å². The number of fused-ring (bicyclic) bond motifs is 1. The summed E-state index contributed by atoms with van der Waals surface area (Å²) in [5.74, 6) is 2.72. The van der Waals surface area contributed by atoms with E-state index in [0.717, 1.165) is 18.2 Å². The first-order valence-electron chi connectivity index (χ1n) is 7.04. The molecule has 1 aliphatic carbocycles. The zero-order chi connectivity index (χ0) is 11.8. The molecule has 0 saturated heterocycles. The van der Waals surface area contributed by atoms with Gasteiger partial charge in [-0.1, -0.05) is 20.3 Å². The van der Waals surface area contributed by atoms with Gasteiger partial charge in [0.05, 0.1) is 6.04 Å². The maximum absolute atomic E-state index is 4.74. The molecule has 2 unspecified atom stereocenters. The molecule has 0 spiro atoms. The summed E-state index contributed by atoms with van der Waals surface area (Å²) in [6.45, 7) is 4.49. The molecule has 4 heteroatoms. The van der Waals surface area contributed by atoms with E-state index in [-0.39, 0.29) is 0 Å². The van der Waals surface area contributed by atoms with Crippen LogP contribution < -0.4 is 5.32 Å². The minimum absolute atomic E-state index is 0.539. The normalized spacial score (nSPS) is 28.4. The second-order valence-electron chi connectivity index (χ2n) is 5.41. The quantitative estimate of drug-likeness (QED) is 0.874. The SMILES string of the molecule is CCC1CC(CC)n2nc(C3CCC3)nc2N1. The van der Waals surface area contributed by atoms with Gasteiger partial charge in [-0.2, -0.15) is 10.1 Å². The highest BCUT2D eigenvalue weighted by Crippen LogP contribution is 2.37. The Morgan fingerprint density at radius 2 is 2.12 bits per heavy atom. The molecule has 4 nitrogen and oxygen atoms in total. The van der Waals surface area contributed by atoms with Gasteiger partial charge in [-0.05, 0) is 32.1 Å². The van der Waals surface area contributed by atoms with Crippen molar-refractivity contribution in [3.63, 3.8) is 0 Å². The number of nitrogens with zero attached hydrogens (tertiary/aromatic N) is 3. The van der Waals surface area contributed by atoms with Gasteiger partial charge in [-0.15, -0.1) is 0 Å². The van der Waals surface area contributed by atoms with Crippen LogP contribution in [-0.4, -0.2) is 20.8 Å². The van der Waals surface area contributed by atoms with E-state index in [2.05, 4.69) is 23.8 Å². The van der Waals surface area contributed by atoms with Gasteiger partial charge in [0.25, 0.3) is 0 Å². The van der Waals surface area contributed by atoms with Crippen molar-refractivity contribution in [2.45, 2.75) is 70.4 Å². The summed E-state index contributed by atoms with van der Waals surface area (Å²) in [4.78, 5) is 4.71. The monoisotopic (exact) mass is 234 g/mol. The molecule has 2 heterocycles. The molecule has 0 aromatic carbocycles. The molecule has 17 heavy (non-hydrogen) atoms. The summed E-state index contributed by atoms with van der Waals surface area (Å²) < 4.78 is 2.14. The van der Waals surface area contributed by atoms with Gasteiger partial charge >= 0.3 is 0 Å². The summed E-state index contributed by atoms with van der Waals surface area (Å²) in [6.07, 6.45) is 7.40. The summed E-state index contributed by atoms with van der Waals surface area (Å²) in [5.41, 5.74) is 0. The van der Waals surface area contributed by atoms with Crippen molar-refractivity contribution in [1.29, 1.82) is 0 Å². The van der Waals surface area contributed by atoms with Crippen LogP contribution in [0.1, 0.15) is 70.2 Å². The maximum atomic E-state index is 4.74. The summed E-state index contributed by atoms with van der Waals surface area (Å²) in [7, 11) is 0. The van der Waals surface area contributed by atoms with E-state index >= 15 is 0 Å². The molecule has 2 aliphatic rings.